The van der Waals surface area contributed by atoms with Crippen LogP contribution in [-0.4, -0.2) is 53.2 Å². The highest BCUT2D eigenvalue weighted by atomic mass is 29.2. The summed E-state index contributed by atoms with van der Waals surface area (Å²) >= 11 is 0. The molecule has 4 heteroatoms. The van der Waals surface area contributed by atoms with Crippen LogP contribution in [0.3, 0.4) is 0 Å². The van der Waals surface area contributed by atoms with E-state index in [-0.39, 0.29) is 18.4 Å². The quantitative estimate of drug-likeness (QED) is 0.670. The highest BCUT2D eigenvalue weighted by Gasteiger charge is 2.23. The number of hydrogen-bond acceptors (Lipinski definition) is 2. The molecule has 0 saturated heterocycles. The molecular formula is C13H30N2Si2. The Morgan fingerprint density at radius 2 is 1.41 bits per heavy atom. The van der Waals surface area contributed by atoms with Crippen molar-refractivity contribution in [2.24, 2.45) is 0 Å². The molecule has 0 atom stereocenters. The molecule has 0 bridgehead atoms. The molecule has 2 aliphatic carbocycles. The van der Waals surface area contributed by atoms with Gasteiger partial charge in [0.15, 0.2) is 0 Å². The Morgan fingerprint density at radius 3 is 1.94 bits per heavy atom. The van der Waals surface area contributed by atoms with Gasteiger partial charge in [-0.15, -0.1) is 0 Å². The summed E-state index contributed by atoms with van der Waals surface area (Å²) in [6.07, 6.45) is 12.0. The number of nitrogens with zero attached hydrogens (tertiary/aromatic N) is 2. The van der Waals surface area contributed by atoms with Crippen LogP contribution in [0.2, 0.25) is 0 Å². The molecule has 2 fully saturated rings. The third kappa shape index (κ3) is 3.91. The van der Waals surface area contributed by atoms with E-state index in [0.717, 1.165) is 12.1 Å². The average molecular weight is 271 g/mol. The predicted molar refractivity (Wildman–Crippen MR) is 81.7 cm³/mol. The van der Waals surface area contributed by atoms with E-state index in [0.29, 0.717) is 0 Å². The van der Waals surface area contributed by atoms with Crippen molar-refractivity contribution in [1.29, 1.82) is 0 Å². The molecule has 2 saturated carbocycles. The van der Waals surface area contributed by atoms with E-state index in [4.69, 9.17) is 0 Å². The van der Waals surface area contributed by atoms with Gasteiger partial charge in [-0.05, 0) is 39.3 Å². The molecule has 2 rings (SSSR count). The van der Waals surface area contributed by atoms with Crippen LogP contribution >= 0.6 is 0 Å². The van der Waals surface area contributed by atoms with Gasteiger partial charge in [0.1, 0.15) is 0 Å². The Balaban J connectivity index is 1.70. The van der Waals surface area contributed by atoms with Gasteiger partial charge in [-0.25, -0.2) is 0 Å². The fraction of sp³-hybridized carbons (Fsp3) is 1.00. The second-order valence-electron chi connectivity index (χ2n) is 5.99. The Morgan fingerprint density at radius 1 is 0.882 bits per heavy atom. The topological polar surface area (TPSA) is 6.48 Å². The maximum Gasteiger partial charge on any atom is 0.0971 e. The first kappa shape index (κ1) is 13.8. The van der Waals surface area contributed by atoms with Gasteiger partial charge < -0.3 is 9.13 Å². The first-order chi connectivity index (χ1) is 8.31. The standard InChI is InChI=1S/C13H30N2Si2/c1-3-15(13-10-6-7-11-13)17-16-14(2)12-8-4-5-9-12/h12-13H,3-11,16-17H2,1-2H3. The van der Waals surface area contributed by atoms with Crippen LogP contribution in [-0.2, 0) is 0 Å². The SMILES string of the molecule is CCN([SiH2][SiH2]N(C)C1CCCC1)C1CCCC1. The lowest BCUT2D eigenvalue weighted by atomic mass is 10.2. The third-order valence-corrected chi connectivity index (χ3v) is 12.3. The Bertz CT molecular complexity index is 213. The zero-order chi connectivity index (χ0) is 12.1. The molecule has 0 aromatic heterocycles. The van der Waals surface area contributed by atoms with E-state index in [1.165, 1.54) is 57.9 Å². The molecule has 0 aromatic carbocycles. The molecule has 0 N–H and O–H groups in total. The molecule has 0 unspecified atom stereocenters. The molecule has 0 heterocycles. The fourth-order valence-corrected chi connectivity index (χ4v) is 10.9. The minimum Gasteiger partial charge on any atom is -0.330 e. The van der Waals surface area contributed by atoms with Crippen LogP contribution in [0.1, 0.15) is 58.3 Å². The summed E-state index contributed by atoms with van der Waals surface area (Å²) in [5, 5.41) is 0. The summed E-state index contributed by atoms with van der Waals surface area (Å²) in [5.41, 5.74) is 0. The van der Waals surface area contributed by atoms with E-state index < -0.39 is 0 Å². The smallest absolute Gasteiger partial charge is 0.0971 e. The van der Waals surface area contributed by atoms with Gasteiger partial charge in [-0.3, -0.25) is 0 Å². The van der Waals surface area contributed by atoms with Crippen molar-refractivity contribution in [3.63, 3.8) is 0 Å². The average Bonchev–Trinajstić information content (AvgIpc) is 3.02. The van der Waals surface area contributed by atoms with Gasteiger partial charge in [0.25, 0.3) is 0 Å². The summed E-state index contributed by atoms with van der Waals surface area (Å²) in [5.74, 6) is 0. The van der Waals surface area contributed by atoms with Crippen molar-refractivity contribution in [3.8, 4) is 0 Å². The monoisotopic (exact) mass is 270 g/mol. The molecule has 100 valence electrons. The lowest BCUT2D eigenvalue weighted by Crippen LogP contribution is -2.46. The maximum atomic E-state index is 2.92. The molecule has 2 nitrogen and oxygen atoms in total. The summed E-state index contributed by atoms with van der Waals surface area (Å²) in [6, 6.07) is 1.98. The van der Waals surface area contributed by atoms with Crippen LogP contribution in [0.4, 0.5) is 0 Å². The first-order valence-corrected chi connectivity index (χ1v) is 13.0. The molecule has 0 radical (unpaired) electrons. The molecule has 0 spiro atoms. The molecule has 0 aliphatic heterocycles. The summed E-state index contributed by atoms with van der Waals surface area (Å²) in [7, 11) is 2.65. The highest BCUT2D eigenvalue weighted by molar-refractivity contribution is 6.97. The first-order valence-electron chi connectivity index (χ1n) is 7.75. The largest absolute Gasteiger partial charge is 0.330 e. The van der Waals surface area contributed by atoms with Crippen molar-refractivity contribution >= 4 is 18.4 Å². The second kappa shape index (κ2) is 7.07. The minimum absolute atomic E-state index is 0.112. The normalized spacial score (nSPS) is 24.7. The van der Waals surface area contributed by atoms with Gasteiger partial charge in [0.2, 0.25) is 0 Å². The number of hydrogen-bond donors (Lipinski definition) is 0. The second-order valence-corrected chi connectivity index (χ2v) is 11.4. The van der Waals surface area contributed by atoms with E-state index >= 15 is 0 Å². The van der Waals surface area contributed by atoms with Gasteiger partial charge in [-0.1, -0.05) is 32.6 Å². The Hall–Kier alpha value is 0.354. The third-order valence-electron chi connectivity index (χ3n) is 4.94. The van der Waals surface area contributed by atoms with Crippen LogP contribution in [0.15, 0.2) is 0 Å². The lowest BCUT2D eigenvalue weighted by Gasteiger charge is -2.31. The predicted octanol–water partition coefficient (Wildman–Crippen LogP) is 1.21. The van der Waals surface area contributed by atoms with Crippen LogP contribution in [0.5, 0.6) is 0 Å². The van der Waals surface area contributed by atoms with Gasteiger partial charge in [-0.2, -0.15) is 0 Å². The van der Waals surface area contributed by atoms with Crippen LogP contribution < -0.4 is 0 Å². The van der Waals surface area contributed by atoms with Crippen molar-refractivity contribution in [1.82, 2.24) is 9.13 Å². The van der Waals surface area contributed by atoms with Crippen LogP contribution in [0.25, 0.3) is 0 Å². The maximum absolute atomic E-state index is 2.92. The van der Waals surface area contributed by atoms with Crippen molar-refractivity contribution in [2.75, 3.05) is 13.6 Å². The molecule has 0 aromatic rings. The minimum atomic E-state index is 0.112. The van der Waals surface area contributed by atoms with Crippen molar-refractivity contribution in [2.45, 2.75) is 70.4 Å². The van der Waals surface area contributed by atoms with E-state index in [1.54, 1.807) is 0 Å². The van der Waals surface area contributed by atoms with E-state index in [9.17, 15) is 0 Å². The van der Waals surface area contributed by atoms with Crippen molar-refractivity contribution < 1.29 is 0 Å². The summed E-state index contributed by atoms with van der Waals surface area (Å²) in [4.78, 5) is 0. The molecular weight excluding hydrogens is 240 g/mol. The van der Waals surface area contributed by atoms with Gasteiger partial charge in [0.05, 0.1) is 18.4 Å². The zero-order valence-corrected chi connectivity index (χ0v) is 14.7. The zero-order valence-electron chi connectivity index (χ0n) is 11.8. The van der Waals surface area contributed by atoms with Crippen molar-refractivity contribution in [3.05, 3.63) is 0 Å². The molecule has 17 heavy (non-hydrogen) atoms. The molecule has 2 aliphatic rings. The summed E-state index contributed by atoms with van der Waals surface area (Å²) in [6.45, 7) is 3.72. The number of rotatable bonds is 6. The Kier molecular flexibility index (Phi) is 5.73. The van der Waals surface area contributed by atoms with E-state index in [1.807, 2.05) is 0 Å². The Labute approximate surface area is 112 Å². The lowest BCUT2D eigenvalue weighted by molar-refractivity contribution is 0.349. The van der Waals surface area contributed by atoms with Gasteiger partial charge in [0, 0.05) is 12.1 Å². The fourth-order valence-electron chi connectivity index (χ4n) is 3.68. The van der Waals surface area contributed by atoms with Gasteiger partial charge >= 0.3 is 0 Å². The summed E-state index contributed by atoms with van der Waals surface area (Å²) < 4.78 is 5.74. The van der Waals surface area contributed by atoms with E-state index in [2.05, 4.69) is 23.1 Å². The highest BCUT2D eigenvalue weighted by Crippen LogP contribution is 2.23. The van der Waals surface area contributed by atoms with Crippen LogP contribution in [0, 0.1) is 0 Å². The molecule has 0 amide bonds.